The summed E-state index contributed by atoms with van der Waals surface area (Å²) in [7, 11) is 0. The minimum Gasteiger partial charge on any atom is -0.317 e. The number of hydrogen-bond donors (Lipinski definition) is 2. The Morgan fingerprint density at radius 3 is 2.06 bits per heavy atom. The minimum absolute atomic E-state index is 0. The van der Waals surface area contributed by atoms with Gasteiger partial charge in [0.05, 0.1) is 0 Å². The number of nitrogens with one attached hydrogen (secondary N) is 2. The molecule has 0 amide bonds. The van der Waals surface area contributed by atoms with E-state index in [9.17, 15) is 0 Å². The molecule has 0 saturated carbocycles. The van der Waals surface area contributed by atoms with Crippen LogP contribution >= 0.6 is 12.4 Å². The largest absolute Gasteiger partial charge is 0.317 e. The van der Waals surface area contributed by atoms with Crippen LogP contribution in [0.3, 0.4) is 0 Å². The van der Waals surface area contributed by atoms with Crippen LogP contribution < -0.4 is 10.6 Å². The van der Waals surface area contributed by atoms with Crippen LogP contribution in [0.5, 0.6) is 0 Å². The Kier molecular flexibility index (Phi) is 7.05. The first-order valence-electron chi connectivity index (χ1n) is 6.74. The van der Waals surface area contributed by atoms with E-state index >= 15 is 0 Å². The average molecular weight is 263 g/mol. The number of rotatable bonds is 4. The molecule has 0 spiro atoms. The van der Waals surface area contributed by atoms with Gasteiger partial charge in [0.2, 0.25) is 0 Å². The first-order valence-corrected chi connectivity index (χ1v) is 6.74. The van der Waals surface area contributed by atoms with Crippen LogP contribution in [0.25, 0.3) is 0 Å². The van der Waals surface area contributed by atoms with Crippen LogP contribution in [0, 0.1) is 11.3 Å². The van der Waals surface area contributed by atoms with Crippen molar-refractivity contribution in [1.82, 2.24) is 10.6 Å². The fraction of sp³-hybridized carbons (Fsp3) is 1.00. The van der Waals surface area contributed by atoms with Gasteiger partial charge in [-0.15, -0.1) is 12.4 Å². The van der Waals surface area contributed by atoms with E-state index in [1.54, 1.807) is 0 Å². The second kappa shape index (κ2) is 6.96. The predicted octanol–water partition coefficient (Wildman–Crippen LogP) is 3.21. The van der Waals surface area contributed by atoms with Crippen LogP contribution in [-0.4, -0.2) is 25.2 Å². The van der Waals surface area contributed by atoms with Gasteiger partial charge >= 0.3 is 0 Å². The van der Waals surface area contributed by atoms with E-state index in [0.29, 0.717) is 5.41 Å². The fourth-order valence-electron chi connectivity index (χ4n) is 2.89. The molecule has 0 bridgehead atoms. The summed E-state index contributed by atoms with van der Waals surface area (Å²) in [4.78, 5) is 0. The molecule has 0 aliphatic carbocycles. The minimum atomic E-state index is 0. The van der Waals surface area contributed by atoms with Crippen LogP contribution in [0.4, 0.5) is 0 Å². The normalized spacial score (nSPS) is 18.9. The van der Waals surface area contributed by atoms with Gasteiger partial charge in [-0.05, 0) is 64.1 Å². The van der Waals surface area contributed by atoms with Gasteiger partial charge in [-0.2, -0.15) is 0 Å². The Bertz CT molecular complexity index is 203. The molecule has 0 radical (unpaired) electrons. The van der Waals surface area contributed by atoms with E-state index < -0.39 is 0 Å². The Labute approximate surface area is 114 Å². The zero-order chi connectivity index (χ0) is 12.2. The van der Waals surface area contributed by atoms with E-state index in [4.69, 9.17) is 0 Å². The van der Waals surface area contributed by atoms with Crippen molar-refractivity contribution in [3.8, 4) is 0 Å². The van der Waals surface area contributed by atoms with Crippen LogP contribution in [0.15, 0.2) is 0 Å². The highest BCUT2D eigenvalue weighted by molar-refractivity contribution is 5.85. The van der Waals surface area contributed by atoms with Crippen LogP contribution in [0.1, 0.15) is 53.9 Å². The summed E-state index contributed by atoms with van der Waals surface area (Å²) in [6.07, 6.45) is 3.89. The molecule has 0 aromatic rings. The van der Waals surface area contributed by atoms with Crippen molar-refractivity contribution in [3.63, 3.8) is 0 Å². The molecule has 2 nitrogen and oxygen atoms in total. The first-order chi connectivity index (χ1) is 7.29. The second-order valence-electron chi connectivity index (χ2n) is 7.20. The topological polar surface area (TPSA) is 24.1 Å². The molecule has 1 fully saturated rings. The summed E-state index contributed by atoms with van der Waals surface area (Å²) in [5, 5.41) is 7.18. The monoisotopic (exact) mass is 262 g/mol. The van der Waals surface area contributed by atoms with Crippen molar-refractivity contribution < 1.29 is 0 Å². The van der Waals surface area contributed by atoms with Crippen molar-refractivity contribution in [2.75, 3.05) is 19.6 Å². The molecule has 0 aromatic heterocycles. The smallest absolute Gasteiger partial charge is 0.0130 e. The molecule has 3 heteroatoms. The van der Waals surface area contributed by atoms with E-state index in [1.807, 2.05) is 0 Å². The lowest BCUT2D eigenvalue weighted by Gasteiger charge is -2.35. The molecule has 1 aliphatic rings. The lowest BCUT2D eigenvalue weighted by Crippen LogP contribution is -2.46. The van der Waals surface area contributed by atoms with E-state index in [1.165, 1.54) is 38.9 Å². The van der Waals surface area contributed by atoms with Gasteiger partial charge in [-0.3, -0.25) is 0 Å². The van der Waals surface area contributed by atoms with Crippen molar-refractivity contribution in [2.45, 2.75) is 59.4 Å². The van der Waals surface area contributed by atoms with Gasteiger partial charge in [0.1, 0.15) is 0 Å². The van der Waals surface area contributed by atoms with Crippen molar-refractivity contribution in [3.05, 3.63) is 0 Å². The first kappa shape index (κ1) is 17.2. The van der Waals surface area contributed by atoms with Gasteiger partial charge in [0.25, 0.3) is 0 Å². The maximum absolute atomic E-state index is 3.76. The number of halogens is 1. The Balaban J connectivity index is 0.00000256. The summed E-state index contributed by atoms with van der Waals surface area (Å²) in [5.41, 5.74) is 0.674. The van der Waals surface area contributed by atoms with Crippen molar-refractivity contribution in [2.24, 2.45) is 11.3 Å². The van der Waals surface area contributed by atoms with Crippen LogP contribution in [-0.2, 0) is 0 Å². The van der Waals surface area contributed by atoms with E-state index in [-0.39, 0.29) is 17.9 Å². The van der Waals surface area contributed by atoms with E-state index in [0.717, 1.165) is 5.92 Å². The van der Waals surface area contributed by atoms with Gasteiger partial charge in [0.15, 0.2) is 0 Å². The Hall–Kier alpha value is 0.210. The SMILES string of the molecule is CC(C)(C)CC(C)(C)NCC1CCNCC1.Cl. The molecule has 1 saturated heterocycles. The summed E-state index contributed by atoms with van der Waals surface area (Å²) < 4.78 is 0. The third-order valence-electron chi connectivity index (χ3n) is 3.30. The molecule has 2 N–H and O–H groups in total. The molecule has 0 unspecified atom stereocenters. The zero-order valence-corrected chi connectivity index (χ0v) is 13.0. The molecule has 17 heavy (non-hydrogen) atoms. The van der Waals surface area contributed by atoms with Crippen molar-refractivity contribution >= 4 is 12.4 Å². The summed E-state index contributed by atoms with van der Waals surface area (Å²) in [6, 6.07) is 0. The second-order valence-corrected chi connectivity index (χ2v) is 7.20. The molecule has 0 atom stereocenters. The predicted molar refractivity (Wildman–Crippen MR) is 79.0 cm³/mol. The molecular weight excluding hydrogens is 232 g/mol. The summed E-state index contributed by atoms with van der Waals surface area (Å²) in [5.74, 6) is 0.875. The summed E-state index contributed by atoms with van der Waals surface area (Å²) >= 11 is 0. The molecular formula is C14H31ClN2. The third kappa shape index (κ3) is 8.01. The maximum Gasteiger partial charge on any atom is 0.0130 e. The molecule has 1 rings (SSSR count). The number of hydrogen-bond acceptors (Lipinski definition) is 2. The highest BCUT2D eigenvalue weighted by atomic mass is 35.5. The van der Waals surface area contributed by atoms with Crippen LogP contribution in [0.2, 0.25) is 0 Å². The standard InChI is InChI=1S/C14H30N2.ClH/c1-13(2,3)11-14(4,5)16-10-12-6-8-15-9-7-12;/h12,15-16H,6-11H2,1-5H3;1H. The van der Waals surface area contributed by atoms with Gasteiger partial charge in [0, 0.05) is 5.54 Å². The summed E-state index contributed by atoms with van der Waals surface area (Å²) in [6.45, 7) is 15.2. The van der Waals surface area contributed by atoms with Gasteiger partial charge in [-0.25, -0.2) is 0 Å². The Morgan fingerprint density at radius 2 is 1.59 bits per heavy atom. The maximum atomic E-state index is 3.76. The molecule has 104 valence electrons. The van der Waals surface area contributed by atoms with Crippen molar-refractivity contribution in [1.29, 1.82) is 0 Å². The lowest BCUT2D eigenvalue weighted by atomic mass is 9.81. The zero-order valence-electron chi connectivity index (χ0n) is 12.2. The average Bonchev–Trinajstić information content (AvgIpc) is 2.13. The quantitative estimate of drug-likeness (QED) is 0.813. The van der Waals surface area contributed by atoms with Gasteiger partial charge < -0.3 is 10.6 Å². The Morgan fingerprint density at radius 1 is 1.06 bits per heavy atom. The third-order valence-corrected chi connectivity index (χ3v) is 3.30. The number of piperidine rings is 1. The fourth-order valence-corrected chi connectivity index (χ4v) is 2.89. The van der Waals surface area contributed by atoms with E-state index in [2.05, 4.69) is 45.3 Å². The lowest BCUT2D eigenvalue weighted by molar-refractivity contribution is 0.223. The highest BCUT2D eigenvalue weighted by Crippen LogP contribution is 2.27. The highest BCUT2D eigenvalue weighted by Gasteiger charge is 2.25. The van der Waals surface area contributed by atoms with Gasteiger partial charge in [-0.1, -0.05) is 20.8 Å². The molecule has 1 aliphatic heterocycles. The molecule has 0 aromatic carbocycles. The molecule has 1 heterocycles.